The van der Waals surface area contributed by atoms with E-state index >= 15 is 0 Å². The van der Waals surface area contributed by atoms with E-state index in [1.807, 2.05) is 107 Å². The van der Waals surface area contributed by atoms with Crippen molar-refractivity contribution >= 4 is 168 Å². The lowest BCUT2D eigenvalue weighted by molar-refractivity contribution is 0.0104. The molecular formula is C63H79N21O3S5. The van der Waals surface area contributed by atoms with Crippen molar-refractivity contribution in [3.05, 3.63) is 68.8 Å². The van der Waals surface area contributed by atoms with E-state index in [0.29, 0.717) is 25.2 Å². The zero-order chi connectivity index (χ0) is 63.9. The largest absolute Gasteiger partial charge is 0.444 e. The fourth-order valence-electron chi connectivity index (χ4n) is 11.8. The number of allylic oxidation sites excluding steroid dienone is 2. The van der Waals surface area contributed by atoms with Gasteiger partial charge in [-0.1, -0.05) is 25.7 Å². The number of anilines is 4. The van der Waals surface area contributed by atoms with E-state index in [4.69, 9.17) is 14.6 Å². The summed E-state index contributed by atoms with van der Waals surface area (Å²) in [6.07, 6.45) is 9.58. The number of fused-ring (bicyclic) bond motifs is 12. The third-order valence-electron chi connectivity index (χ3n) is 17.2. The van der Waals surface area contributed by atoms with Crippen molar-refractivity contribution in [3.8, 4) is 0 Å². The van der Waals surface area contributed by atoms with Crippen LogP contribution in [0.4, 0.5) is 28.1 Å². The molecule has 1 amide bonds. The van der Waals surface area contributed by atoms with E-state index in [1.165, 1.54) is 66.6 Å². The van der Waals surface area contributed by atoms with Crippen LogP contribution >= 0.6 is 57.1 Å². The lowest BCUT2D eigenvalue weighted by Gasteiger charge is -2.40. The van der Waals surface area contributed by atoms with Crippen molar-refractivity contribution in [2.24, 2.45) is 28.2 Å². The van der Waals surface area contributed by atoms with Gasteiger partial charge in [-0.05, 0) is 129 Å². The van der Waals surface area contributed by atoms with Gasteiger partial charge in [0.2, 0.25) is 0 Å². The van der Waals surface area contributed by atoms with Crippen LogP contribution in [0.15, 0.2) is 23.8 Å². The monoisotopic (exact) mass is 1340 g/mol. The van der Waals surface area contributed by atoms with Gasteiger partial charge in [0.25, 0.3) is 0 Å². The molecule has 2 unspecified atom stereocenters. The molecule has 0 saturated carbocycles. The zero-order valence-electron chi connectivity index (χ0n) is 53.9. The molecule has 92 heavy (non-hydrogen) atoms. The predicted molar refractivity (Wildman–Crippen MR) is 379 cm³/mol. The maximum absolute atomic E-state index is 12.1. The van der Waals surface area contributed by atoms with Gasteiger partial charge in [0.05, 0.1) is 82.3 Å². The summed E-state index contributed by atoms with van der Waals surface area (Å²) in [5.41, 5.74) is 14.0. The number of likely N-dealkylation sites (tertiary alicyclic amines) is 1. The standard InChI is InChI=1S/C18H24N6O2S.C16H17N5S.C14H17N5OS.C14H17N5S2.CH4/c1-9-10(2)20-21-16-12(9)13-14(27-16)15(22-23(13)6)19-11-7-24(8-11)17(25)26-18(3,4)5;1-9-10(2)18-19-16-12(9)13-14(22-16)15(20-21(13)3)17-8-11-6-4-5-7-11;2*1-7-8(2)16-17-14-10(7)11-12(21-14)13(18-19(11)3)15-9-4-5-20-6-9;/h11H,7-8H2,1-6H3,(H,19,22);4,6-7H,5,8H2,1-3H3,(H,17,20);2*9H,4-6H2,1-3H3,(H,15,18);1H4. The summed E-state index contributed by atoms with van der Waals surface area (Å²) in [4.78, 5) is 17.7. The maximum atomic E-state index is 12.1. The smallest absolute Gasteiger partial charge is 0.410 e. The van der Waals surface area contributed by atoms with Crippen LogP contribution in [0, 0.1) is 55.4 Å². The summed E-state index contributed by atoms with van der Waals surface area (Å²) in [6, 6.07) is 1.05. The molecule has 0 radical (unpaired) electrons. The first-order valence-electron chi connectivity index (χ1n) is 30.5. The Kier molecular flexibility index (Phi) is 18.0. The fraction of sp³-hybridized carbons (Fsp3) is 0.476. The van der Waals surface area contributed by atoms with Gasteiger partial charge in [-0.25, -0.2) is 4.79 Å². The lowest BCUT2D eigenvalue weighted by Crippen LogP contribution is -2.58. The number of carbonyl (C=O) groups is 1. The summed E-state index contributed by atoms with van der Waals surface area (Å²) in [7, 11) is 7.94. The summed E-state index contributed by atoms with van der Waals surface area (Å²) in [5, 5.41) is 71.7. The average molecular weight is 1340 g/mol. The fourth-order valence-corrected chi connectivity index (χ4v) is 17.6. The first-order chi connectivity index (χ1) is 43.6. The molecule has 3 saturated heterocycles. The Morgan fingerprint density at radius 2 is 0.967 bits per heavy atom. The maximum Gasteiger partial charge on any atom is 0.410 e. The Balaban J connectivity index is 0.000000118. The van der Waals surface area contributed by atoms with Crippen LogP contribution in [0.25, 0.3) is 81.7 Å². The van der Waals surface area contributed by atoms with Gasteiger partial charge in [-0.3, -0.25) is 18.7 Å². The van der Waals surface area contributed by atoms with Crippen LogP contribution in [0.2, 0.25) is 0 Å². The second-order valence-corrected chi connectivity index (χ2v) is 29.9. The van der Waals surface area contributed by atoms with Gasteiger partial charge >= 0.3 is 6.09 Å². The number of aromatic nitrogens is 16. The number of thioether (sulfide) groups is 1. The molecule has 12 aromatic heterocycles. The Hall–Kier alpha value is -7.70. The number of carbonyl (C=O) groups excluding carboxylic acids is 1. The normalized spacial score (nSPS) is 16.6. The topological polar surface area (TPSA) is 261 Å². The molecule has 29 heteroatoms. The van der Waals surface area contributed by atoms with E-state index in [2.05, 4.69) is 123 Å². The van der Waals surface area contributed by atoms with E-state index in [9.17, 15) is 4.79 Å². The van der Waals surface area contributed by atoms with Crippen molar-refractivity contribution in [2.75, 3.05) is 65.6 Å². The van der Waals surface area contributed by atoms with Gasteiger partial charge in [0, 0.05) is 87.8 Å². The molecule has 1 aliphatic carbocycles. The summed E-state index contributed by atoms with van der Waals surface area (Å²) in [5.74, 6) is 6.10. The Bertz CT molecular complexity index is 4720. The van der Waals surface area contributed by atoms with Gasteiger partial charge in [0.1, 0.15) is 24.9 Å². The van der Waals surface area contributed by atoms with Crippen molar-refractivity contribution in [1.82, 2.24) is 84.8 Å². The first-order valence-corrected chi connectivity index (χ1v) is 34.9. The average Bonchev–Trinajstić information content (AvgIpc) is 1.62. The van der Waals surface area contributed by atoms with Gasteiger partial charge < -0.3 is 35.6 Å². The Labute approximate surface area is 553 Å². The highest BCUT2D eigenvalue weighted by atomic mass is 32.2. The van der Waals surface area contributed by atoms with Crippen LogP contribution in [0.3, 0.4) is 0 Å². The number of thiophene rings is 4. The Morgan fingerprint density at radius 1 is 0.565 bits per heavy atom. The summed E-state index contributed by atoms with van der Waals surface area (Å²) in [6.45, 7) is 25.6. The molecule has 0 spiro atoms. The van der Waals surface area contributed by atoms with Crippen molar-refractivity contribution in [2.45, 2.75) is 127 Å². The highest BCUT2D eigenvalue weighted by Gasteiger charge is 2.35. The van der Waals surface area contributed by atoms with E-state index in [-0.39, 0.29) is 19.6 Å². The van der Waals surface area contributed by atoms with Crippen LogP contribution in [0.1, 0.15) is 92.5 Å². The molecule has 0 aromatic carbocycles. The number of nitrogens with zero attached hydrogens (tertiary/aromatic N) is 17. The first kappa shape index (κ1) is 64.4. The summed E-state index contributed by atoms with van der Waals surface area (Å²) >= 11 is 8.61. The molecule has 15 heterocycles. The predicted octanol–water partition coefficient (Wildman–Crippen LogP) is 12.9. The molecular weight excluding hydrogens is 1260 g/mol. The van der Waals surface area contributed by atoms with Crippen LogP contribution in [-0.2, 0) is 37.7 Å². The van der Waals surface area contributed by atoms with Crippen molar-refractivity contribution < 1.29 is 14.3 Å². The molecule has 0 bridgehead atoms. The minimum atomic E-state index is -0.475. The number of amides is 1. The third-order valence-corrected chi connectivity index (χ3v) is 22.6. The van der Waals surface area contributed by atoms with Gasteiger partial charge in [-0.2, -0.15) is 52.6 Å². The minimum Gasteiger partial charge on any atom is -0.444 e. The van der Waals surface area contributed by atoms with Crippen LogP contribution < -0.4 is 21.3 Å². The number of ether oxygens (including phenoxy) is 2. The SMILES string of the molecule is C.Cc1nnc2sc3c(NC4CCOC4)nn(C)c3c2c1C.Cc1nnc2sc3c(NC4CCSC4)nn(C)c3c2c1C.Cc1nnc2sc3c(NC4CN(C(=O)OC(C)(C)C)C4)nn(C)c3c2c1C.Cc1nnc2sc3c(NCC4=CCC=C4)nn(C)c3c2c1C. The molecule has 24 nitrogen and oxygen atoms in total. The highest BCUT2D eigenvalue weighted by Crippen LogP contribution is 2.43. The van der Waals surface area contributed by atoms with E-state index < -0.39 is 5.60 Å². The van der Waals surface area contributed by atoms with Gasteiger partial charge in [-0.15, -0.1) is 65.7 Å². The summed E-state index contributed by atoms with van der Waals surface area (Å²) < 4.78 is 23.2. The highest BCUT2D eigenvalue weighted by molar-refractivity contribution is 7.99. The molecule has 3 fully saturated rings. The molecule has 4 aliphatic rings. The van der Waals surface area contributed by atoms with Crippen LogP contribution in [-0.4, -0.2) is 159 Å². The third kappa shape index (κ3) is 12.2. The molecule has 4 N–H and O–H groups in total. The number of rotatable bonds is 9. The molecule has 2 atom stereocenters. The zero-order valence-corrected chi connectivity index (χ0v) is 58.0. The molecule has 3 aliphatic heterocycles. The second-order valence-electron chi connectivity index (χ2n) is 24.8. The minimum absolute atomic E-state index is 0. The van der Waals surface area contributed by atoms with Crippen LogP contribution in [0.5, 0.6) is 0 Å². The number of hydrogen-bond donors (Lipinski definition) is 4. The Morgan fingerprint density at radius 3 is 1.34 bits per heavy atom. The molecule has 12 aromatic rings. The van der Waals surface area contributed by atoms with E-state index in [0.717, 1.165) is 140 Å². The second kappa shape index (κ2) is 25.7. The lowest BCUT2D eigenvalue weighted by atomic mass is 10.1. The number of nitrogens with one attached hydrogen (secondary N) is 4. The molecule has 484 valence electrons. The number of aryl methyl sites for hydroxylation is 12. The number of hydrogen-bond acceptors (Lipinski definition) is 24. The van der Waals surface area contributed by atoms with Crippen molar-refractivity contribution in [1.29, 1.82) is 0 Å². The quantitative estimate of drug-likeness (QED) is 0.105. The molecule has 16 rings (SSSR count). The van der Waals surface area contributed by atoms with E-state index in [1.54, 1.807) is 50.2 Å². The van der Waals surface area contributed by atoms with Crippen molar-refractivity contribution in [3.63, 3.8) is 0 Å². The van der Waals surface area contributed by atoms with Gasteiger partial charge in [0.15, 0.2) is 23.3 Å².